The van der Waals surface area contributed by atoms with Crippen molar-refractivity contribution in [3.8, 4) is 17.2 Å². The van der Waals surface area contributed by atoms with Crippen LogP contribution in [0.5, 0.6) is 11.5 Å². The van der Waals surface area contributed by atoms with Gasteiger partial charge in [-0.25, -0.2) is 0 Å². The van der Waals surface area contributed by atoms with E-state index in [0.717, 1.165) is 5.69 Å². The fraction of sp³-hybridized carbons (Fsp3) is 0.182. The Bertz CT molecular complexity index is 1090. The molecule has 1 N–H and O–H groups in total. The number of hydrogen-bond donors (Lipinski definition) is 1. The van der Waals surface area contributed by atoms with Gasteiger partial charge in [0, 0.05) is 17.5 Å². The molecular weight excluding hydrogens is 392 g/mol. The number of amides is 1. The number of aryl methyl sites for hydroxylation is 1. The molecule has 29 heavy (non-hydrogen) atoms. The Morgan fingerprint density at radius 3 is 2.17 bits per heavy atom. The van der Waals surface area contributed by atoms with Crippen molar-refractivity contribution in [1.29, 1.82) is 0 Å². The number of aromatic nitrogens is 1. The van der Waals surface area contributed by atoms with Crippen LogP contribution in [-0.4, -0.2) is 24.7 Å². The van der Waals surface area contributed by atoms with Crippen LogP contribution >= 0.6 is 12.4 Å². The standard InChI is InChI=1S/C22H22N2O4.ClH/c1-14-13-18(25)21(22(26)23-16-9-5-7-11-19(16)27-3)15(2)24(14)17-10-6-8-12-20(17)28-4;/h5-13H,1-4H3,(H,23,26);1H. The van der Waals surface area contributed by atoms with E-state index in [9.17, 15) is 9.59 Å². The minimum atomic E-state index is -0.490. The molecule has 1 aromatic heterocycles. The van der Waals surface area contributed by atoms with E-state index in [1.54, 1.807) is 38.3 Å². The topological polar surface area (TPSA) is 69.6 Å². The van der Waals surface area contributed by atoms with Gasteiger partial charge >= 0.3 is 0 Å². The molecule has 0 aliphatic carbocycles. The van der Waals surface area contributed by atoms with E-state index >= 15 is 0 Å². The summed E-state index contributed by atoms with van der Waals surface area (Å²) in [5.74, 6) is 0.676. The second kappa shape index (κ2) is 9.30. The van der Waals surface area contributed by atoms with E-state index in [1.165, 1.54) is 13.2 Å². The summed E-state index contributed by atoms with van der Waals surface area (Å²) in [6.07, 6.45) is 0. The first-order valence-corrected chi connectivity index (χ1v) is 8.79. The van der Waals surface area contributed by atoms with Crippen LogP contribution < -0.4 is 20.2 Å². The first-order chi connectivity index (χ1) is 13.5. The Labute approximate surface area is 175 Å². The van der Waals surface area contributed by atoms with Gasteiger partial charge in [-0.2, -0.15) is 0 Å². The molecule has 1 heterocycles. The van der Waals surface area contributed by atoms with Crippen molar-refractivity contribution >= 4 is 24.0 Å². The second-order valence-corrected chi connectivity index (χ2v) is 6.27. The van der Waals surface area contributed by atoms with Crippen molar-refractivity contribution in [1.82, 2.24) is 4.57 Å². The van der Waals surface area contributed by atoms with Crippen LogP contribution in [0.25, 0.3) is 5.69 Å². The fourth-order valence-electron chi connectivity index (χ4n) is 3.28. The zero-order chi connectivity index (χ0) is 20.3. The average molecular weight is 415 g/mol. The van der Waals surface area contributed by atoms with Crippen molar-refractivity contribution in [3.05, 3.63) is 81.8 Å². The summed E-state index contributed by atoms with van der Waals surface area (Å²) in [7, 11) is 3.11. The molecular formula is C22H23ClN2O4. The summed E-state index contributed by atoms with van der Waals surface area (Å²) in [5.41, 5.74) is 2.23. The SMILES string of the molecule is COc1ccccc1NC(=O)c1c(C)n(-c2ccccc2OC)c(C)cc1=O.Cl. The maximum atomic E-state index is 13.0. The van der Waals surface area contributed by atoms with Gasteiger partial charge in [-0.1, -0.05) is 24.3 Å². The molecule has 0 spiro atoms. The number of carbonyl (C=O) groups is 1. The highest BCUT2D eigenvalue weighted by atomic mass is 35.5. The number of methoxy groups -OCH3 is 2. The molecule has 0 saturated carbocycles. The third-order valence-corrected chi connectivity index (χ3v) is 4.54. The highest BCUT2D eigenvalue weighted by molar-refractivity contribution is 6.05. The van der Waals surface area contributed by atoms with E-state index in [-0.39, 0.29) is 23.4 Å². The smallest absolute Gasteiger partial charge is 0.261 e. The number of hydrogen-bond acceptors (Lipinski definition) is 4. The van der Waals surface area contributed by atoms with Crippen LogP contribution in [0.1, 0.15) is 21.7 Å². The molecule has 0 aliphatic rings. The monoisotopic (exact) mass is 414 g/mol. The number of nitrogens with one attached hydrogen (secondary N) is 1. The molecule has 0 fully saturated rings. The normalized spacial score (nSPS) is 10.1. The number of carbonyl (C=O) groups excluding carboxylic acids is 1. The van der Waals surface area contributed by atoms with Crippen LogP contribution in [0.2, 0.25) is 0 Å². The number of halogens is 1. The third-order valence-electron chi connectivity index (χ3n) is 4.54. The minimum Gasteiger partial charge on any atom is -0.495 e. The van der Waals surface area contributed by atoms with Gasteiger partial charge in [0.2, 0.25) is 0 Å². The van der Waals surface area contributed by atoms with E-state index in [1.807, 2.05) is 35.8 Å². The molecule has 152 valence electrons. The summed E-state index contributed by atoms with van der Waals surface area (Å²) >= 11 is 0. The van der Waals surface area contributed by atoms with Gasteiger partial charge in [-0.05, 0) is 38.1 Å². The number of nitrogens with zero attached hydrogens (tertiary/aromatic N) is 1. The summed E-state index contributed by atoms with van der Waals surface area (Å²) in [5, 5.41) is 2.78. The minimum absolute atomic E-state index is 0. The summed E-state index contributed by atoms with van der Waals surface area (Å²) in [6, 6.07) is 16.0. The number of ether oxygens (including phenoxy) is 2. The molecule has 0 unspecified atom stereocenters. The maximum absolute atomic E-state index is 13.0. The first kappa shape index (κ1) is 22.0. The van der Waals surface area contributed by atoms with Crippen molar-refractivity contribution in [2.75, 3.05) is 19.5 Å². The van der Waals surface area contributed by atoms with Gasteiger partial charge in [0.25, 0.3) is 5.91 Å². The van der Waals surface area contributed by atoms with E-state index < -0.39 is 5.91 Å². The molecule has 3 rings (SSSR count). The molecule has 2 aromatic carbocycles. The predicted molar refractivity (Wildman–Crippen MR) is 116 cm³/mol. The number of rotatable bonds is 5. The molecule has 6 nitrogen and oxygen atoms in total. The van der Waals surface area contributed by atoms with Gasteiger partial charge in [0.15, 0.2) is 5.43 Å². The largest absolute Gasteiger partial charge is 0.495 e. The average Bonchev–Trinajstić information content (AvgIpc) is 2.68. The molecule has 7 heteroatoms. The van der Waals surface area contributed by atoms with Crippen molar-refractivity contribution in [3.63, 3.8) is 0 Å². The Kier molecular flexibility index (Phi) is 7.07. The van der Waals surface area contributed by atoms with Gasteiger partial charge in [0.1, 0.15) is 17.1 Å². The van der Waals surface area contributed by atoms with Crippen LogP contribution in [0.15, 0.2) is 59.4 Å². The van der Waals surface area contributed by atoms with E-state index in [4.69, 9.17) is 9.47 Å². The maximum Gasteiger partial charge on any atom is 0.261 e. The van der Waals surface area contributed by atoms with Gasteiger partial charge in [-0.3, -0.25) is 9.59 Å². The Morgan fingerprint density at radius 1 is 0.931 bits per heavy atom. The lowest BCUT2D eigenvalue weighted by atomic mass is 10.1. The zero-order valence-corrected chi connectivity index (χ0v) is 17.5. The predicted octanol–water partition coefficient (Wildman–Crippen LogP) is 4.15. The second-order valence-electron chi connectivity index (χ2n) is 6.27. The van der Waals surface area contributed by atoms with Crippen molar-refractivity contribution in [2.45, 2.75) is 13.8 Å². The number of para-hydroxylation sites is 4. The molecule has 0 radical (unpaired) electrons. The Balaban J connectivity index is 0.00000300. The zero-order valence-electron chi connectivity index (χ0n) is 16.7. The highest BCUT2D eigenvalue weighted by Crippen LogP contribution is 2.27. The molecule has 0 aliphatic heterocycles. The van der Waals surface area contributed by atoms with Crippen molar-refractivity contribution < 1.29 is 14.3 Å². The van der Waals surface area contributed by atoms with Crippen LogP contribution in [0, 0.1) is 13.8 Å². The quantitative estimate of drug-likeness (QED) is 0.681. The molecule has 0 saturated heterocycles. The summed E-state index contributed by atoms with van der Waals surface area (Å²) < 4.78 is 12.6. The molecule has 1 amide bonds. The van der Waals surface area contributed by atoms with Gasteiger partial charge < -0.3 is 19.4 Å². The van der Waals surface area contributed by atoms with Gasteiger partial charge in [0.05, 0.1) is 25.6 Å². The van der Waals surface area contributed by atoms with E-state index in [2.05, 4.69) is 5.32 Å². The number of benzene rings is 2. The molecule has 0 atom stereocenters. The van der Waals surface area contributed by atoms with E-state index in [0.29, 0.717) is 28.6 Å². The molecule has 0 bridgehead atoms. The fourth-order valence-corrected chi connectivity index (χ4v) is 3.28. The van der Waals surface area contributed by atoms with Crippen LogP contribution in [0.3, 0.4) is 0 Å². The first-order valence-electron chi connectivity index (χ1n) is 8.79. The highest BCUT2D eigenvalue weighted by Gasteiger charge is 2.20. The Morgan fingerprint density at radius 2 is 1.52 bits per heavy atom. The van der Waals surface area contributed by atoms with Gasteiger partial charge in [-0.15, -0.1) is 12.4 Å². The summed E-state index contributed by atoms with van der Waals surface area (Å²) in [6.45, 7) is 3.57. The number of pyridine rings is 1. The number of anilines is 1. The molecule has 3 aromatic rings. The van der Waals surface area contributed by atoms with Crippen LogP contribution in [-0.2, 0) is 0 Å². The third kappa shape index (κ3) is 4.27. The lowest BCUT2D eigenvalue weighted by Gasteiger charge is -2.19. The Hall–Kier alpha value is -3.25. The lowest BCUT2D eigenvalue weighted by Crippen LogP contribution is -2.26. The lowest BCUT2D eigenvalue weighted by molar-refractivity contribution is 0.102. The van der Waals surface area contributed by atoms with Crippen LogP contribution in [0.4, 0.5) is 5.69 Å². The summed E-state index contributed by atoms with van der Waals surface area (Å²) in [4.78, 5) is 25.6. The van der Waals surface area contributed by atoms with Crippen molar-refractivity contribution in [2.24, 2.45) is 0 Å².